The summed E-state index contributed by atoms with van der Waals surface area (Å²) in [5, 5.41) is 2.35. The highest BCUT2D eigenvalue weighted by Gasteiger charge is 2.11. The van der Waals surface area contributed by atoms with Crippen LogP contribution in [-0.4, -0.2) is 13.0 Å². The molecule has 0 aliphatic heterocycles. The molecule has 0 heterocycles. The molecule has 0 atom stereocenters. The fraction of sp³-hybridized carbons (Fsp3) is 0.190. The summed E-state index contributed by atoms with van der Waals surface area (Å²) in [6.07, 6.45) is 1.30. The minimum absolute atomic E-state index is 0.140. The Morgan fingerprint density at radius 2 is 1.61 bits per heavy atom. The lowest BCUT2D eigenvalue weighted by molar-refractivity contribution is -0.118. The Morgan fingerprint density at radius 1 is 0.913 bits per heavy atom. The number of aryl methyl sites for hydroxylation is 2. The van der Waals surface area contributed by atoms with Gasteiger partial charge in [-0.25, -0.2) is 0 Å². The van der Waals surface area contributed by atoms with Gasteiger partial charge in [-0.1, -0.05) is 60.2 Å². The Balaban J connectivity index is 1.69. The summed E-state index contributed by atoms with van der Waals surface area (Å²) in [6.45, 7) is 2.07. The van der Waals surface area contributed by atoms with Crippen LogP contribution in [0.3, 0.4) is 0 Å². The standard InChI is InChI=1S/C21H21NO/c1-16-7-9-17(10-8-16)11-14-21(23)22(2)20-13-12-18-5-3-4-6-19(18)15-20/h3-10,12-13,15H,11,14H2,1-2H3. The third-order valence-electron chi connectivity index (χ3n) is 4.24. The van der Waals surface area contributed by atoms with Gasteiger partial charge in [-0.3, -0.25) is 4.79 Å². The largest absolute Gasteiger partial charge is 0.315 e. The first-order valence-corrected chi connectivity index (χ1v) is 7.94. The molecule has 2 nitrogen and oxygen atoms in total. The first kappa shape index (κ1) is 15.3. The van der Waals surface area contributed by atoms with E-state index in [4.69, 9.17) is 0 Å². The smallest absolute Gasteiger partial charge is 0.227 e. The van der Waals surface area contributed by atoms with Gasteiger partial charge in [0.05, 0.1) is 0 Å². The molecule has 0 N–H and O–H groups in total. The van der Waals surface area contributed by atoms with Crippen molar-refractivity contribution < 1.29 is 4.79 Å². The second kappa shape index (κ2) is 6.66. The van der Waals surface area contributed by atoms with Gasteiger partial charge >= 0.3 is 0 Å². The summed E-state index contributed by atoms with van der Waals surface area (Å²) in [5.74, 6) is 0.140. The van der Waals surface area contributed by atoms with Crippen LogP contribution in [0.2, 0.25) is 0 Å². The Morgan fingerprint density at radius 3 is 2.35 bits per heavy atom. The van der Waals surface area contributed by atoms with E-state index in [1.54, 1.807) is 4.90 Å². The van der Waals surface area contributed by atoms with Crippen molar-refractivity contribution in [1.29, 1.82) is 0 Å². The Bertz CT molecular complexity index is 821. The lowest BCUT2D eigenvalue weighted by Crippen LogP contribution is -2.26. The monoisotopic (exact) mass is 303 g/mol. The summed E-state index contributed by atoms with van der Waals surface area (Å²) in [7, 11) is 1.85. The molecule has 0 spiro atoms. The van der Waals surface area contributed by atoms with Crippen LogP contribution < -0.4 is 4.90 Å². The SMILES string of the molecule is Cc1ccc(CCC(=O)N(C)c2ccc3ccccc3c2)cc1. The third kappa shape index (κ3) is 3.59. The number of hydrogen-bond donors (Lipinski definition) is 0. The van der Waals surface area contributed by atoms with Crippen LogP contribution in [0.15, 0.2) is 66.7 Å². The van der Waals surface area contributed by atoms with Crippen LogP contribution in [0.25, 0.3) is 10.8 Å². The van der Waals surface area contributed by atoms with Crippen molar-refractivity contribution in [1.82, 2.24) is 0 Å². The van der Waals surface area contributed by atoms with Crippen LogP contribution in [0, 0.1) is 6.92 Å². The number of fused-ring (bicyclic) bond motifs is 1. The van der Waals surface area contributed by atoms with Gasteiger partial charge in [0.1, 0.15) is 0 Å². The maximum Gasteiger partial charge on any atom is 0.227 e. The fourth-order valence-electron chi connectivity index (χ4n) is 2.70. The molecule has 23 heavy (non-hydrogen) atoms. The van der Waals surface area contributed by atoms with E-state index in [0.717, 1.165) is 17.5 Å². The first-order valence-electron chi connectivity index (χ1n) is 7.94. The van der Waals surface area contributed by atoms with Gasteiger partial charge in [-0.05, 0) is 41.8 Å². The number of benzene rings is 3. The minimum Gasteiger partial charge on any atom is -0.315 e. The molecule has 3 rings (SSSR count). The molecule has 3 aromatic carbocycles. The average molecular weight is 303 g/mol. The predicted octanol–water partition coefficient (Wildman–Crippen LogP) is 4.74. The van der Waals surface area contributed by atoms with E-state index >= 15 is 0 Å². The van der Waals surface area contributed by atoms with Crippen LogP contribution in [0.4, 0.5) is 5.69 Å². The van der Waals surface area contributed by atoms with Crippen molar-refractivity contribution in [2.45, 2.75) is 19.8 Å². The van der Waals surface area contributed by atoms with Crippen molar-refractivity contribution in [2.24, 2.45) is 0 Å². The highest BCUT2D eigenvalue weighted by molar-refractivity contribution is 5.96. The van der Waals surface area contributed by atoms with Crippen LogP contribution in [-0.2, 0) is 11.2 Å². The van der Waals surface area contributed by atoms with Crippen molar-refractivity contribution in [3.8, 4) is 0 Å². The van der Waals surface area contributed by atoms with Gasteiger partial charge < -0.3 is 4.90 Å². The van der Waals surface area contributed by atoms with Gasteiger partial charge in [0, 0.05) is 19.2 Å². The second-order valence-electron chi connectivity index (χ2n) is 5.97. The summed E-state index contributed by atoms with van der Waals surface area (Å²) in [4.78, 5) is 14.2. The zero-order valence-corrected chi connectivity index (χ0v) is 13.6. The molecule has 0 bridgehead atoms. The van der Waals surface area contributed by atoms with Gasteiger partial charge in [0.2, 0.25) is 5.91 Å². The molecule has 0 saturated heterocycles. The highest BCUT2D eigenvalue weighted by Crippen LogP contribution is 2.22. The normalized spacial score (nSPS) is 10.7. The molecule has 0 aliphatic carbocycles. The van der Waals surface area contributed by atoms with E-state index < -0.39 is 0 Å². The maximum atomic E-state index is 12.4. The predicted molar refractivity (Wildman–Crippen MR) is 96.9 cm³/mol. The molecule has 2 heteroatoms. The van der Waals surface area contributed by atoms with E-state index in [2.05, 4.69) is 55.5 Å². The number of anilines is 1. The number of hydrogen-bond acceptors (Lipinski definition) is 1. The zero-order chi connectivity index (χ0) is 16.2. The van der Waals surface area contributed by atoms with E-state index in [0.29, 0.717) is 6.42 Å². The fourth-order valence-corrected chi connectivity index (χ4v) is 2.70. The summed E-state index contributed by atoms with van der Waals surface area (Å²) in [6, 6.07) is 22.7. The van der Waals surface area contributed by atoms with Crippen molar-refractivity contribution in [3.63, 3.8) is 0 Å². The molecule has 116 valence electrons. The van der Waals surface area contributed by atoms with Crippen LogP contribution >= 0.6 is 0 Å². The molecule has 3 aromatic rings. The number of rotatable bonds is 4. The molecule has 0 radical (unpaired) electrons. The van der Waals surface area contributed by atoms with Gasteiger partial charge in [-0.15, -0.1) is 0 Å². The quantitative estimate of drug-likeness (QED) is 0.681. The first-order chi connectivity index (χ1) is 11.1. The molecule has 0 saturated carbocycles. The van der Waals surface area contributed by atoms with Crippen LogP contribution in [0.5, 0.6) is 0 Å². The number of carbonyl (C=O) groups excluding carboxylic acids is 1. The van der Waals surface area contributed by atoms with E-state index in [1.165, 1.54) is 16.5 Å². The Labute approximate surface area is 137 Å². The summed E-state index contributed by atoms with van der Waals surface area (Å²) in [5.41, 5.74) is 3.39. The van der Waals surface area contributed by atoms with Crippen molar-refractivity contribution in [2.75, 3.05) is 11.9 Å². The average Bonchev–Trinajstić information content (AvgIpc) is 2.60. The molecular formula is C21H21NO. The Hall–Kier alpha value is -2.61. The van der Waals surface area contributed by atoms with Crippen LogP contribution in [0.1, 0.15) is 17.5 Å². The zero-order valence-electron chi connectivity index (χ0n) is 13.6. The topological polar surface area (TPSA) is 20.3 Å². The number of carbonyl (C=O) groups is 1. The Kier molecular flexibility index (Phi) is 4.42. The van der Waals surface area contributed by atoms with Gasteiger partial charge in [0.25, 0.3) is 0 Å². The number of amides is 1. The lowest BCUT2D eigenvalue weighted by Gasteiger charge is -2.18. The second-order valence-corrected chi connectivity index (χ2v) is 5.97. The highest BCUT2D eigenvalue weighted by atomic mass is 16.2. The maximum absolute atomic E-state index is 12.4. The van der Waals surface area contributed by atoms with Gasteiger partial charge in [0.15, 0.2) is 0 Å². The molecule has 0 fully saturated rings. The molecule has 0 aromatic heterocycles. The van der Waals surface area contributed by atoms with E-state index in [9.17, 15) is 4.79 Å². The third-order valence-corrected chi connectivity index (χ3v) is 4.24. The van der Waals surface area contributed by atoms with E-state index in [-0.39, 0.29) is 5.91 Å². The summed E-state index contributed by atoms with van der Waals surface area (Å²) >= 11 is 0. The molecule has 1 amide bonds. The van der Waals surface area contributed by atoms with Gasteiger partial charge in [-0.2, -0.15) is 0 Å². The minimum atomic E-state index is 0.140. The van der Waals surface area contributed by atoms with Crippen molar-refractivity contribution in [3.05, 3.63) is 77.9 Å². The summed E-state index contributed by atoms with van der Waals surface area (Å²) < 4.78 is 0. The molecule has 0 unspecified atom stereocenters. The lowest BCUT2D eigenvalue weighted by atomic mass is 10.1. The van der Waals surface area contributed by atoms with E-state index in [1.807, 2.05) is 25.2 Å². The molecule has 0 aliphatic rings. The molecular weight excluding hydrogens is 282 g/mol. The van der Waals surface area contributed by atoms with Crippen molar-refractivity contribution >= 4 is 22.4 Å². The number of nitrogens with zero attached hydrogens (tertiary/aromatic N) is 1.